The summed E-state index contributed by atoms with van der Waals surface area (Å²) in [6.07, 6.45) is 2.36. The van der Waals surface area contributed by atoms with Gasteiger partial charge in [0.05, 0.1) is 0 Å². The number of hydrogen-bond acceptors (Lipinski definition) is 4. The molecule has 0 atom stereocenters. The lowest BCUT2D eigenvalue weighted by Crippen LogP contribution is -2.58. The van der Waals surface area contributed by atoms with E-state index < -0.39 is 11.5 Å². The maximum Gasteiger partial charge on any atom is 0.324 e. The first-order valence-corrected chi connectivity index (χ1v) is 7.05. The third-order valence-electron chi connectivity index (χ3n) is 3.55. The van der Waals surface area contributed by atoms with Gasteiger partial charge in [-0.2, -0.15) is 11.8 Å². The molecule has 0 unspecified atom stereocenters. The van der Waals surface area contributed by atoms with Crippen LogP contribution in [0.2, 0.25) is 0 Å². The van der Waals surface area contributed by atoms with Crippen molar-refractivity contribution >= 4 is 17.7 Å². The van der Waals surface area contributed by atoms with Crippen LogP contribution in [0.3, 0.4) is 0 Å². The van der Waals surface area contributed by atoms with Gasteiger partial charge in [0.2, 0.25) is 0 Å². The van der Waals surface area contributed by atoms with Crippen molar-refractivity contribution in [3.05, 3.63) is 0 Å². The van der Waals surface area contributed by atoms with Crippen LogP contribution in [0.4, 0.5) is 0 Å². The summed E-state index contributed by atoms with van der Waals surface area (Å²) >= 11 is 1.93. The number of aliphatic carboxylic acids is 1. The fourth-order valence-electron chi connectivity index (χ4n) is 2.55. The Kier molecular flexibility index (Phi) is 4.10. The number of carbonyl (C=O) groups is 1. The van der Waals surface area contributed by atoms with Crippen molar-refractivity contribution in [2.75, 3.05) is 37.8 Å². The predicted octanol–water partition coefficient (Wildman–Crippen LogP) is 1.06. The van der Waals surface area contributed by atoms with Crippen molar-refractivity contribution in [1.82, 2.24) is 4.90 Å². The van der Waals surface area contributed by atoms with Gasteiger partial charge in [0.25, 0.3) is 0 Å². The lowest BCUT2D eigenvalue weighted by Gasteiger charge is -2.42. The van der Waals surface area contributed by atoms with E-state index in [4.69, 9.17) is 4.74 Å². The lowest BCUT2D eigenvalue weighted by molar-refractivity contribution is -0.158. The van der Waals surface area contributed by atoms with Crippen LogP contribution in [0, 0.1) is 0 Å². The van der Waals surface area contributed by atoms with Gasteiger partial charge >= 0.3 is 5.97 Å². The molecule has 0 saturated carbocycles. The van der Waals surface area contributed by atoms with E-state index in [9.17, 15) is 9.90 Å². The second-order valence-electron chi connectivity index (χ2n) is 4.40. The summed E-state index contributed by atoms with van der Waals surface area (Å²) in [7, 11) is 0. The largest absolute Gasteiger partial charge is 0.480 e. The van der Waals surface area contributed by atoms with Gasteiger partial charge < -0.3 is 9.84 Å². The second-order valence-corrected chi connectivity index (χ2v) is 5.63. The Morgan fingerprint density at radius 3 is 2.69 bits per heavy atom. The van der Waals surface area contributed by atoms with E-state index in [1.54, 1.807) is 0 Å². The summed E-state index contributed by atoms with van der Waals surface area (Å²) < 4.78 is 5.30. The Hall–Kier alpha value is -0.260. The number of rotatable bonds is 2. The van der Waals surface area contributed by atoms with E-state index in [0.29, 0.717) is 26.1 Å². The minimum absolute atomic E-state index is 0.579. The zero-order valence-electron chi connectivity index (χ0n) is 9.48. The predicted molar refractivity (Wildman–Crippen MR) is 63.9 cm³/mol. The third kappa shape index (κ3) is 2.36. The quantitative estimate of drug-likeness (QED) is 0.788. The molecule has 2 aliphatic rings. The molecule has 16 heavy (non-hydrogen) atoms. The van der Waals surface area contributed by atoms with Gasteiger partial charge in [-0.15, -0.1) is 0 Å². The summed E-state index contributed by atoms with van der Waals surface area (Å²) in [6, 6.07) is 0. The molecule has 0 aromatic rings. The highest BCUT2D eigenvalue weighted by Gasteiger charge is 2.45. The maximum atomic E-state index is 11.6. The van der Waals surface area contributed by atoms with Crippen LogP contribution in [0.25, 0.3) is 0 Å². The van der Waals surface area contributed by atoms with Gasteiger partial charge in [0, 0.05) is 32.1 Å². The summed E-state index contributed by atoms with van der Waals surface area (Å²) in [5.41, 5.74) is -0.650. The minimum Gasteiger partial charge on any atom is -0.480 e. The zero-order chi connectivity index (χ0) is 11.4. The molecule has 4 nitrogen and oxygen atoms in total. The van der Waals surface area contributed by atoms with E-state index in [-0.39, 0.29) is 0 Å². The smallest absolute Gasteiger partial charge is 0.324 e. The summed E-state index contributed by atoms with van der Waals surface area (Å²) in [5.74, 6) is 1.54. The third-order valence-corrected chi connectivity index (χ3v) is 4.59. The fraction of sp³-hybridized carbons (Fsp3) is 0.909. The van der Waals surface area contributed by atoms with E-state index >= 15 is 0 Å². The molecule has 0 spiro atoms. The SMILES string of the molecule is O=C(O)C1(N2CCCSCC2)CCOCC1. The van der Waals surface area contributed by atoms with Gasteiger partial charge in [-0.1, -0.05) is 0 Å². The van der Waals surface area contributed by atoms with Crippen molar-refractivity contribution in [1.29, 1.82) is 0 Å². The van der Waals surface area contributed by atoms with Crippen LogP contribution in [-0.4, -0.2) is 59.3 Å². The van der Waals surface area contributed by atoms with Gasteiger partial charge in [-0.25, -0.2) is 0 Å². The Labute approximate surface area is 100 Å². The molecule has 2 aliphatic heterocycles. The van der Waals surface area contributed by atoms with Crippen molar-refractivity contribution in [3.8, 4) is 0 Å². The first kappa shape index (κ1) is 12.2. The summed E-state index contributed by atoms with van der Waals surface area (Å²) in [5, 5.41) is 9.53. The molecule has 2 saturated heterocycles. The lowest BCUT2D eigenvalue weighted by atomic mass is 9.88. The molecule has 5 heteroatoms. The number of thioether (sulfide) groups is 1. The highest BCUT2D eigenvalue weighted by molar-refractivity contribution is 7.99. The van der Waals surface area contributed by atoms with Crippen LogP contribution >= 0.6 is 11.8 Å². The average Bonchev–Trinajstić information content (AvgIpc) is 2.58. The Morgan fingerprint density at radius 2 is 2.00 bits per heavy atom. The molecular weight excluding hydrogens is 226 g/mol. The molecular formula is C11H19NO3S. The molecule has 0 radical (unpaired) electrons. The first-order chi connectivity index (χ1) is 7.76. The monoisotopic (exact) mass is 245 g/mol. The second kappa shape index (κ2) is 5.38. The van der Waals surface area contributed by atoms with E-state index in [2.05, 4.69) is 4.90 Å². The summed E-state index contributed by atoms with van der Waals surface area (Å²) in [4.78, 5) is 13.8. The standard InChI is InChI=1S/C11H19NO3S/c13-10(14)11(2-6-15-7-3-11)12-4-1-8-16-9-5-12/h1-9H2,(H,13,14). The number of ether oxygens (including phenoxy) is 1. The average molecular weight is 245 g/mol. The Balaban J connectivity index is 2.12. The van der Waals surface area contributed by atoms with E-state index in [1.165, 1.54) is 0 Å². The minimum atomic E-state index is -0.664. The highest BCUT2D eigenvalue weighted by atomic mass is 32.2. The molecule has 1 N–H and O–H groups in total. The van der Waals surface area contributed by atoms with Gasteiger partial charge in [-0.3, -0.25) is 9.69 Å². The molecule has 2 heterocycles. The maximum absolute atomic E-state index is 11.6. The molecule has 0 amide bonds. The molecule has 92 valence electrons. The number of carboxylic acid groups (broad SMARTS) is 1. The molecule has 0 aromatic heterocycles. The van der Waals surface area contributed by atoms with E-state index in [0.717, 1.165) is 31.0 Å². The van der Waals surface area contributed by atoms with Crippen molar-refractivity contribution in [3.63, 3.8) is 0 Å². The number of nitrogens with zero attached hydrogens (tertiary/aromatic N) is 1. The molecule has 0 aliphatic carbocycles. The van der Waals surface area contributed by atoms with Gasteiger partial charge in [0.15, 0.2) is 0 Å². The van der Waals surface area contributed by atoms with Crippen LogP contribution < -0.4 is 0 Å². The highest BCUT2D eigenvalue weighted by Crippen LogP contribution is 2.30. The Morgan fingerprint density at radius 1 is 1.25 bits per heavy atom. The fourth-order valence-corrected chi connectivity index (χ4v) is 3.44. The van der Waals surface area contributed by atoms with Crippen LogP contribution in [0.1, 0.15) is 19.3 Å². The topological polar surface area (TPSA) is 49.8 Å². The van der Waals surface area contributed by atoms with Crippen molar-refractivity contribution < 1.29 is 14.6 Å². The number of carboxylic acids is 1. The molecule has 2 fully saturated rings. The van der Waals surface area contributed by atoms with Gasteiger partial charge in [-0.05, 0) is 25.0 Å². The molecule has 2 rings (SSSR count). The first-order valence-electron chi connectivity index (χ1n) is 5.90. The van der Waals surface area contributed by atoms with Crippen molar-refractivity contribution in [2.45, 2.75) is 24.8 Å². The van der Waals surface area contributed by atoms with Crippen LogP contribution in [0.15, 0.2) is 0 Å². The zero-order valence-corrected chi connectivity index (χ0v) is 10.3. The normalized spacial score (nSPS) is 27.2. The van der Waals surface area contributed by atoms with Gasteiger partial charge in [0.1, 0.15) is 5.54 Å². The Bertz CT molecular complexity index is 246. The van der Waals surface area contributed by atoms with Crippen molar-refractivity contribution in [2.24, 2.45) is 0 Å². The van der Waals surface area contributed by atoms with Crippen LogP contribution in [-0.2, 0) is 9.53 Å². The number of hydrogen-bond donors (Lipinski definition) is 1. The summed E-state index contributed by atoms with van der Waals surface area (Å²) in [6.45, 7) is 2.97. The molecule has 0 aromatic carbocycles. The molecule has 0 bridgehead atoms. The van der Waals surface area contributed by atoms with Crippen LogP contribution in [0.5, 0.6) is 0 Å². The van der Waals surface area contributed by atoms with E-state index in [1.807, 2.05) is 11.8 Å².